The third-order valence-electron chi connectivity index (χ3n) is 3.10. The predicted molar refractivity (Wildman–Crippen MR) is 54.7 cm³/mol. The van der Waals surface area contributed by atoms with Gasteiger partial charge < -0.3 is 20.5 Å². The van der Waals surface area contributed by atoms with Crippen molar-refractivity contribution in [3.63, 3.8) is 0 Å². The lowest BCUT2D eigenvalue weighted by Crippen LogP contribution is -2.66. The molecule has 0 aromatic rings. The van der Waals surface area contributed by atoms with Crippen LogP contribution in [0.3, 0.4) is 0 Å². The molecule has 0 unspecified atom stereocenters. The number of carbonyl (C=O) groups excluding carboxylic acids is 1. The van der Waals surface area contributed by atoms with Gasteiger partial charge in [-0.2, -0.15) is 0 Å². The normalized spacial score (nSPS) is 24.8. The van der Waals surface area contributed by atoms with Crippen LogP contribution >= 0.6 is 0 Å². The Morgan fingerprint density at radius 1 is 1.44 bits per heavy atom. The lowest BCUT2D eigenvalue weighted by atomic mass is 9.95. The molecule has 1 amide bonds. The van der Waals surface area contributed by atoms with Gasteiger partial charge in [0.15, 0.2) is 0 Å². The molecule has 2 rings (SSSR count). The largest absolute Gasteiger partial charge is 0.480 e. The van der Waals surface area contributed by atoms with Gasteiger partial charge in [0, 0.05) is 0 Å². The second-order valence-corrected chi connectivity index (χ2v) is 4.95. The molecule has 1 heterocycles. The molecule has 2 aliphatic rings. The van der Waals surface area contributed by atoms with Crippen LogP contribution in [0.2, 0.25) is 0 Å². The van der Waals surface area contributed by atoms with Crippen LogP contribution in [0.15, 0.2) is 0 Å². The van der Waals surface area contributed by atoms with E-state index in [4.69, 9.17) is 15.6 Å². The number of amides is 1. The van der Waals surface area contributed by atoms with E-state index in [0.717, 1.165) is 12.8 Å². The first-order chi connectivity index (χ1) is 7.35. The molecule has 6 heteroatoms. The SMILES string of the molecule is CC1(OCC(=O)O)CN(C(=O)C2(N)CC2)C1. The molecule has 1 aliphatic heterocycles. The van der Waals surface area contributed by atoms with Gasteiger partial charge in [-0.25, -0.2) is 4.79 Å². The standard InChI is InChI=1S/C10H16N2O4/c1-9(16-4-7(13)14)5-12(6-9)8(15)10(11)2-3-10/h2-6,11H2,1H3,(H,13,14). The maximum absolute atomic E-state index is 11.8. The molecule has 3 N–H and O–H groups in total. The molecule has 90 valence electrons. The average Bonchev–Trinajstić information content (AvgIpc) is 2.89. The van der Waals surface area contributed by atoms with E-state index >= 15 is 0 Å². The van der Waals surface area contributed by atoms with Gasteiger partial charge in [-0.05, 0) is 19.8 Å². The number of carboxylic acids is 1. The molecule has 0 aromatic carbocycles. The Hall–Kier alpha value is -1.14. The number of hydrogen-bond acceptors (Lipinski definition) is 4. The Morgan fingerprint density at radius 2 is 2.00 bits per heavy atom. The number of aliphatic carboxylic acids is 1. The number of nitrogens with zero attached hydrogens (tertiary/aromatic N) is 1. The monoisotopic (exact) mass is 228 g/mol. The van der Waals surface area contributed by atoms with Crippen LogP contribution in [0.25, 0.3) is 0 Å². The van der Waals surface area contributed by atoms with Gasteiger partial charge in [0.2, 0.25) is 5.91 Å². The zero-order chi connectivity index (χ0) is 12.0. The Kier molecular flexibility index (Phi) is 2.43. The van der Waals surface area contributed by atoms with E-state index in [0.29, 0.717) is 13.1 Å². The number of nitrogens with two attached hydrogens (primary N) is 1. The number of carbonyl (C=O) groups is 2. The zero-order valence-electron chi connectivity index (χ0n) is 9.23. The van der Waals surface area contributed by atoms with Crippen LogP contribution in [-0.4, -0.2) is 52.7 Å². The van der Waals surface area contributed by atoms with Crippen molar-refractivity contribution >= 4 is 11.9 Å². The summed E-state index contributed by atoms with van der Waals surface area (Å²) in [6.07, 6.45) is 1.49. The Bertz CT molecular complexity index is 332. The smallest absolute Gasteiger partial charge is 0.329 e. The van der Waals surface area contributed by atoms with Crippen LogP contribution < -0.4 is 5.73 Å². The first-order valence-electron chi connectivity index (χ1n) is 5.29. The van der Waals surface area contributed by atoms with Crippen LogP contribution in [0.1, 0.15) is 19.8 Å². The fraction of sp³-hybridized carbons (Fsp3) is 0.800. The highest BCUT2D eigenvalue weighted by molar-refractivity contribution is 5.89. The van der Waals surface area contributed by atoms with Gasteiger partial charge in [-0.3, -0.25) is 4.79 Å². The summed E-state index contributed by atoms with van der Waals surface area (Å²) < 4.78 is 5.21. The molecular formula is C10H16N2O4. The second-order valence-electron chi connectivity index (χ2n) is 4.95. The van der Waals surface area contributed by atoms with Crippen LogP contribution in [0.4, 0.5) is 0 Å². The fourth-order valence-corrected chi connectivity index (χ4v) is 1.90. The molecule has 16 heavy (non-hydrogen) atoms. The summed E-state index contributed by atoms with van der Waals surface area (Å²) in [5.41, 5.74) is 4.61. The lowest BCUT2D eigenvalue weighted by molar-refractivity contribution is -0.174. The van der Waals surface area contributed by atoms with Crippen molar-refractivity contribution < 1.29 is 19.4 Å². The van der Waals surface area contributed by atoms with Crippen molar-refractivity contribution in [3.05, 3.63) is 0 Å². The maximum atomic E-state index is 11.8. The van der Waals surface area contributed by atoms with Gasteiger partial charge in [0.25, 0.3) is 0 Å². The molecule has 2 fully saturated rings. The van der Waals surface area contributed by atoms with Crippen LogP contribution in [0.5, 0.6) is 0 Å². The van der Waals surface area contributed by atoms with Crippen molar-refractivity contribution in [2.24, 2.45) is 5.73 Å². The summed E-state index contributed by atoms with van der Waals surface area (Å²) in [4.78, 5) is 23.7. The third-order valence-corrected chi connectivity index (χ3v) is 3.10. The quantitative estimate of drug-likeness (QED) is 0.655. The molecule has 1 saturated carbocycles. The lowest BCUT2D eigenvalue weighted by Gasteiger charge is -2.48. The summed E-state index contributed by atoms with van der Waals surface area (Å²) >= 11 is 0. The van der Waals surface area contributed by atoms with E-state index in [9.17, 15) is 9.59 Å². The van der Waals surface area contributed by atoms with Gasteiger partial charge in [-0.15, -0.1) is 0 Å². The fourth-order valence-electron chi connectivity index (χ4n) is 1.90. The first kappa shape index (κ1) is 11.3. The van der Waals surface area contributed by atoms with Crippen molar-refractivity contribution in [2.45, 2.75) is 30.9 Å². The molecule has 0 bridgehead atoms. The van der Waals surface area contributed by atoms with E-state index in [1.165, 1.54) is 0 Å². The minimum absolute atomic E-state index is 0.0381. The van der Waals surface area contributed by atoms with E-state index in [2.05, 4.69) is 0 Å². The topological polar surface area (TPSA) is 92.9 Å². The molecule has 0 aromatic heterocycles. The summed E-state index contributed by atoms with van der Waals surface area (Å²) in [6.45, 7) is 2.33. The number of likely N-dealkylation sites (tertiary alicyclic amines) is 1. The zero-order valence-corrected chi connectivity index (χ0v) is 9.23. The summed E-state index contributed by atoms with van der Waals surface area (Å²) in [7, 11) is 0. The molecule has 1 saturated heterocycles. The Morgan fingerprint density at radius 3 is 2.44 bits per heavy atom. The summed E-state index contributed by atoms with van der Waals surface area (Å²) in [5, 5.41) is 8.49. The minimum atomic E-state index is -0.997. The predicted octanol–water partition coefficient (Wildman–Crippen LogP) is -0.820. The van der Waals surface area contributed by atoms with Gasteiger partial charge in [0.05, 0.1) is 18.6 Å². The van der Waals surface area contributed by atoms with Gasteiger partial charge in [-0.1, -0.05) is 0 Å². The first-order valence-corrected chi connectivity index (χ1v) is 5.29. The summed E-state index contributed by atoms with van der Waals surface area (Å²) in [6, 6.07) is 0. The molecule has 0 radical (unpaired) electrons. The Labute approximate surface area is 93.3 Å². The van der Waals surface area contributed by atoms with E-state index in [-0.39, 0.29) is 12.5 Å². The average molecular weight is 228 g/mol. The van der Waals surface area contributed by atoms with Crippen LogP contribution in [0, 0.1) is 0 Å². The number of rotatable bonds is 4. The number of ether oxygens (including phenoxy) is 1. The third kappa shape index (κ3) is 2.03. The van der Waals surface area contributed by atoms with Gasteiger partial charge in [0.1, 0.15) is 12.2 Å². The highest BCUT2D eigenvalue weighted by atomic mass is 16.5. The van der Waals surface area contributed by atoms with E-state index in [1.807, 2.05) is 0 Å². The molecule has 0 atom stereocenters. The van der Waals surface area contributed by atoms with Crippen molar-refractivity contribution in [1.82, 2.24) is 4.90 Å². The van der Waals surface area contributed by atoms with Crippen molar-refractivity contribution in [1.29, 1.82) is 0 Å². The van der Waals surface area contributed by atoms with Crippen LogP contribution in [-0.2, 0) is 14.3 Å². The molecule has 6 nitrogen and oxygen atoms in total. The highest BCUT2D eigenvalue weighted by Crippen LogP contribution is 2.37. The second kappa shape index (κ2) is 3.43. The van der Waals surface area contributed by atoms with Crippen molar-refractivity contribution in [2.75, 3.05) is 19.7 Å². The number of carboxylic acid groups (broad SMARTS) is 1. The number of hydrogen-bond donors (Lipinski definition) is 2. The molecular weight excluding hydrogens is 212 g/mol. The minimum Gasteiger partial charge on any atom is -0.480 e. The van der Waals surface area contributed by atoms with Crippen molar-refractivity contribution in [3.8, 4) is 0 Å². The maximum Gasteiger partial charge on any atom is 0.329 e. The Balaban J connectivity index is 1.80. The van der Waals surface area contributed by atoms with E-state index in [1.54, 1.807) is 11.8 Å². The van der Waals surface area contributed by atoms with Gasteiger partial charge >= 0.3 is 5.97 Å². The molecule has 0 spiro atoms. The highest BCUT2D eigenvalue weighted by Gasteiger charge is 2.53. The molecule has 1 aliphatic carbocycles. The van der Waals surface area contributed by atoms with E-state index < -0.39 is 17.1 Å². The summed E-state index contributed by atoms with van der Waals surface area (Å²) in [5.74, 6) is -1.03.